The molecule has 2 N–H and O–H groups in total. The fourth-order valence-electron chi connectivity index (χ4n) is 1.23. The second-order valence-corrected chi connectivity index (χ2v) is 3.00. The van der Waals surface area contributed by atoms with Crippen molar-refractivity contribution < 1.29 is 19.7 Å². The van der Waals surface area contributed by atoms with E-state index in [1.165, 1.54) is 19.2 Å². The van der Waals surface area contributed by atoms with E-state index in [9.17, 15) is 15.0 Å². The largest absolute Gasteiger partial charge is 0.504 e. The maximum absolute atomic E-state index is 11.2. The van der Waals surface area contributed by atoms with Gasteiger partial charge in [-0.2, -0.15) is 0 Å². The van der Waals surface area contributed by atoms with Gasteiger partial charge in [0.1, 0.15) is 5.56 Å². The third kappa shape index (κ3) is 2.28. The number of esters is 1. The number of hydrogen-bond donors (Lipinski definition) is 2. The smallest absolute Gasteiger partial charge is 0.341 e. The molecule has 80 valence electrons. The Morgan fingerprint density at radius 3 is 2.73 bits per heavy atom. The first kappa shape index (κ1) is 11.1. The summed E-state index contributed by atoms with van der Waals surface area (Å²) in [7, 11) is 1.21. The molecular weight excluding hydrogens is 196 g/mol. The number of carbonyl (C=O) groups excluding carboxylic acids is 1. The van der Waals surface area contributed by atoms with Gasteiger partial charge in [0, 0.05) is 0 Å². The number of benzene rings is 1. The van der Waals surface area contributed by atoms with Crippen molar-refractivity contribution in [1.82, 2.24) is 0 Å². The summed E-state index contributed by atoms with van der Waals surface area (Å²) in [6, 6.07) is 2.84. The predicted octanol–water partition coefficient (Wildman–Crippen LogP) is 1.61. The highest BCUT2D eigenvalue weighted by Crippen LogP contribution is 2.31. The molecule has 4 nitrogen and oxygen atoms in total. The molecule has 0 fully saturated rings. The molecule has 0 atom stereocenters. The quantitative estimate of drug-likeness (QED) is 0.450. The van der Waals surface area contributed by atoms with E-state index in [1.807, 2.05) is 0 Å². The number of carbonyl (C=O) groups is 1. The van der Waals surface area contributed by atoms with E-state index in [1.54, 1.807) is 6.08 Å². The van der Waals surface area contributed by atoms with Gasteiger partial charge in [-0.05, 0) is 24.1 Å². The highest BCUT2D eigenvalue weighted by atomic mass is 16.5. The third-order valence-electron chi connectivity index (χ3n) is 1.93. The predicted molar refractivity (Wildman–Crippen MR) is 55.0 cm³/mol. The maximum atomic E-state index is 11.2. The number of phenolic OH excluding ortho intramolecular Hbond substituents is 2. The molecule has 1 rings (SSSR count). The summed E-state index contributed by atoms with van der Waals surface area (Å²) in [6.07, 6.45) is 2.13. The lowest BCUT2D eigenvalue weighted by Crippen LogP contribution is -2.02. The summed E-state index contributed by atoms with van der Waals surface area (Å²) >= 11 is 0. The first-order valence-electron chi connectivity index (χ1n) is 4.34. The SMILES string of the molecule is C=CCc1cc(O)c(O)c(C(=O)OC)c1. The first-order valence-corrected chi connectivity index (χ1v) is 4.34. The van der Waals surface area contributed by atoms with Crippen molar-refractivity contribution in [2.45, 2.75) is 6.42 Å². The third-order valence-corrected chi connectivity index (χ3v) is 1.93. The minimum absolute atomic E-state index is 0.0469. The minimum Gasteiger partial charge on any atom is -0.504 e. The van der Waals surface area contributed by atoms with Crippen LogP contribution in [0.4, 0.5) is 0 Å². The molecule has 1 aromatic carbocycles. The zero-order chi connectivity index (χ0) is 11.4. The van der Waals surface area contributed by atoms with Gasteiger partial charge in [-0.3, -0.25) is 0 Å². The van der Waals surface area contributed by atoms with Gasteiger partial charge in [0.15, 0.2) is 11.5 Å². The Kier molecular flexibility index (Phi) is 3.33. The summed E-state index contributed by atoms with van der Waals surface area (Å²) in [5, 5.41) is 18.8. The van der Waals surface area contributed by atoms with Gasteiger partial charge in [0.2, 0.25) is 0 Å². The minimum atomic E-state index is -0.686. The molecule has 4 heteroatoms. The molecular formula is C11H12O4. The molecule has 0 aromatic heterocycles. The van der Waals surface area contributed by atoms with Crippen molar-refractivity contribution in [2.75, 3.05) is 7.11 Å². The zero-order valence-electron chi connectivity index (χ0n) is 8.36. The van der Waals surface area contributed by atoms with Crippen LogP contribution in [0.2, 0.25) is 0 Å². The van der Waals surface area contributed by atoms with E-state index >= 15 is 0 Å². The highest BCUT2D eigenvalue weighted by molar-refractivity contribution is 5.93. The molecule has 0 aliphatic heterocycles. The molecule has 0 spiro atoms. The van der Waals surface area contributed by atoms with E-state index < -0.39 is 11.7 Å². The zero-order valence-corrected chi connectivity index (χ0v) is 8.36. The Labute approximate surface area is 87.4 Å². The second kappa shape index (κ2) is 4.50. The number of aromatic hydroxyl groups is 2. The molecule has 1 aromatic rings. The molecule has 0 radical (unpaired) electrons. The maximum Gasteiger partial charge on any atom is 0.341 e. The number of phenols is 2. The number of ether oxygens (including phenoxy) is 1. The standard InChI is InChI=1S/C11H12O4/c1-3-4-7-5-8(11(14)15-2)10(13)9(12)6-7/h3,5-6,12-13H,1,4H2,2H3. The molecule has 0 saturated heterocycles. The van der Waals surface area contributed by atoms with Crippen LogP contribution >= 0.6 is 0 Å². The van der Waals surface area contributed by atoms with Crippen LogP contribution < -0.4 is 0 Å². The Balaban J connectivity index is 3.24. The van der Waals surface area contributed by atoms with Gasteiger partial charge in [-0.1, -0.05) is 6.08 Å². The van der Waals surface area contributed by atoms with Crippen LogP contribution in [-0.2, 0) is 11.2 Å². The van der Waals surface area contributed by atoms with Crippen LogP contribution in [0.25, 0.3) is 0 Å². The van der Waals surface area contributed by atoms with Crippen molar-refractivity contribution in [3.05, 3.63) is 35.9 Å². The van der Waals surface area contributed by atoms with Crippen LogP contribution in [0.5, 0.6) is 11.5 Å². The summed E-state index contributed by atoms with van der Waals surface area (Å²) in [5.41, 5.74) is 0.634. The van der Waals surface area contributed by atoms with E-state index in [-0.39, 0.29) is 11.3 Å². The molecule has 0 bridgehead atoms. The van der Waals surface area contributed by atoms with Gasteiger partial charge in [-0.15, -0.1) is 6.58 Å². The monoisotopic (exact) mass is 208 g/mol. The first-order chi connectivity index (χ1) is 7.10. The highest BCUT2D eigenvalue weighted by Gasteiger charge is 2.15. The average molecular weight is 208 g/mol. The van der Waals surface area contributed by atoms with Crippen LogP contribution in [-0.4, -0.2) is 23.3 Å². The Bertz CT molecular complexity index is 396. The molecule has 0 unspecified atom stereocenters. The van der Waals surface area contributed by atoms with Crippen LogP contribution in [0.1, 0.15) is 15.9 Å². The Hall–Kier alpha value is -1.97. The summed E-state index contributed by atoms with van der Waals surface area (Å²) in [5.74, 6) is -1.49. The van der Waals surface area contributed by atoms with Crippen molar-refractivity contribution >= 4 is 5.97 Å². The van der Waals surface area contributed by atoms with Gasteiger partial charge in [0.05, 0.1) is 7.11 Å². The summed E-state index contributed by atoms with van der Waals surface area (Å²) in [4.78, 5) is 11.2. The number of methoxy groups -OCH3 is 1. The van der Waals surface area contributed by atoms with Crippen LogP contribution in [0.15, 0.2) is 24.8 Å². The average Bonchev–Trinajstić information content (AvgIpc) is 2.22. The lowest BCUT2D eigenvalue weighted by Gasteiger charge is -2.06. The lowest BCUT2D eigenvalue weighted by atomic mass is 10.1. The van der Waals surface area contributed by atoms with Crippen molar-refractivity contribution in [3.63, 3.8) is 0 Å². The summed E-state index contributed by atoms with van der Waals surface area (Å²) < 4.78 is 4.47. The number of allylic oxidation sites excluding steroid dienone is 1. The van der Waals surface area contributed by atoms with E-state index in [4.69, 9.17) is 0 Å². The fourth-order valence-corrected chi connectivity index (χ4v) is 1.23. The Morgan fingerprint density at radius 2 is 2.20 bits per heavy atom. The van der Waals surface area contributed by atoms with Crippen molar-refractivity contribution in [3.8, 4) is 11.5 Å². The molecule has 0 amide bonds. The fraction of sp³-hybridized carbons (Fsp3) is 0.182. The van der Waals surface area contributed by atoms with E-state index in [2.05, 4.69) is 11.3 Å². The normalized spacial score (nSPS) is 9.67. The lowest BCUT2D eigenvalue weighted by molar-refractivity contribution is 0.0596. The molecule has 0 aliphatic carbocycles. The topological polar surface area (TPSA) is 66.8 Å². The van der Waals surface area contributed by atoms with Crippen LogP contribution in [0.3, 0.4) is 0 Å². The van der Waals surface area contributed by atoms with E-state index in [0.717, 1.165) is 0 Å². The van der Waals surface area contributed by atoms with Crippen molar-refractivity contribution in [2.24, 2.45) is 0 Å². The van der Waals surface area contributed by atoms with Gasteiger partial charge < -0.3 is 14.9 Å². The van der Waals surface area contributed by atoms with Crippen LogP contribution in [0, 0.1) is 0 Å². The van der Waals surface area contributed by atoms with E-state index in [0.29, 0.717) is 12.0 Å². The molecule has 0 saturated carbocycles. The van der Waals surface area contributed by atoms with Gasteiger partial charge in [0.25, 0.3) is 0 Å². The van der Waals surface area contributed by atoms with Gasteiger partial charge in [-0.25, -0.2) is 4.79 Å². The van der Waals surface area contributed by atoms with Crippen molar-refractivity contribution in [1.29, 1.82) is 0 Å². The van der Waals surface area contributed by atoms with Gasteiger partial charge >= 0.3 is 5.97 Å². The number of hydrogen-bond acceptors (Lipinski definition) is 4. The molecule has 0 aliphatic rings. The number of rotatable bonds is 3. The summed E-state index contributed by atoms with van der Waals surface area (Å²) in [6.45, 7) is 3.54. The molecule has 15 heavy (non-hydrogen) atoms. The Morgan fingerprint density at radius 1 is 1.53 bits per heavy atom. The second-order valence-electron chi connectivity index (χ2n) is 3.00. The molecule has 0 heterocycles.